The maximum absolute atomic E-state index is 8.72. The lowest BCUT2D eigenvalue weighted by Crippen LogP contribution is -2.27. The predicted molar refractivity (Wildman–Crippen MR) is 24.4 cm³/mol. The second-order valence-corrected chi connectivity index (χ2v) is 2.12. The Bertz CT molecular complexity index is 43.9. The summed E-state index contributed by atoms with van der Waals surface area (Å²) < 4.78 is 0. The first-order valence-corrected chi connectivity index (χ1v) is 2.49. The van der Waals surface area contributed by atoms with Crippen LogP contribution in [0.5, 0.6) is 0 Å². The first-order valence-electron chi connectivity index (χ1n) is 2.49. The van der Waals surface area contributed by atoms with Crippen molar-refractivity contribution in [1.29, 1.82) is 0 Å². The van der Waals surface area contributed by atoms with E-state index in [-0.39, 0.29) is 6.10 Å². The van der Waals surface area contributed by atoms with Crippen molar-refractivity contribution in [2.45, 2.75) is 25.9 Å². The fourth-order valence-corrected chi connectivity index (χ4v) is 0.649. The van der Waals surface area contributed by atoms with Crippen LogP contribution in [0.1, 0.15) is 19.8 Å². The van der Waals surface area contributed by atoms with Crippen molar-refractivity contribution in [3.8, 4) is 0 Å². The molecule has 0 aromatic heterocycles. The Labute approximate surface area is 38.0 Å². The van der Waals surface area contributed by atoms with Crippen LogP contribution in [0.15, 0.2) is 0 Å². The Kier molecular flexibility index (Phi) is 0.845. The molecule has 1 aliphatic carbocycles. The highest BCUT2D eigenvalue weighted by atomic mass is 16.3. The summed E-state index contributed by atoms with van der Waals surface area (Å²) in [6, 6.07) is 0. The van der Waals surface area contributed by atoms with Gasteiger partial charge in [0.25, 0.3) is 0 Å². The van der Waals surface area contributed by atoms with E-state index in [0.29, 0.717) is 5.92 Å². The second-order valence-electron chi connectivity index (χ2n) is 2.12. The Morgan fingerprint density at radius 1 is 1.50 bits per heavy atom. The summed E-state index contributed by atoms with van der Waals surface area (Å²) in [5, 5.41) is 8.72. The molecule has 1 rings (SSSR count). The molecule has 1 fully saturated rings. The van der Waals surface area contributed by atoms with E-state index >= 15 is 0 Å². The van der Waals surface area contributed by atoms with Crippen LogP contribution >= 0.6 is 0 Å². The average Bonchev–Trinajstić information content (AvgIpc) is 1.61. The summed E-state index contributed by atoms with van der Waals surface area (Å²) >= 11 is 0. The average molecular weight is 86.1 g/mol. The van der Waals surface area contributed by atoms with Crippen LogP contribution in [-0.4, -0.2) is 11.2 Å². The summed E-state index contributed by atoms with van der Waals surface area (Å²) in [7, 11) is 0. The molecule has 0 bridgehead atoms. The van der Waals surface area contributed by atoms with Crippen LogP contribution in [0.25, 0.3) is 0 Å². The van der Waals surface area contributed by atoms with Crippen molar-refractivity contribution >= 4 is 0 Å². The molecule has 0 saturated heterocycles. The minimum atomic E-state index is 0.0324. The molecule has 6 heavy (non-hydrogen) atoms. The van der Waals surface area contributed by atoms with Crippen LogP contribution in [0.3, 0.4) is 0 Å². The number of aliphatic hydroxyl groups is 1. The minimum Gasteiger partial charge on any atom is -0.393 e. The second kappa shape index (κ2) is 1.23. The van der Waals surface area contributed by atoms with Crippen molar-refractivity contribution in [2.24, 2.45) is 5.92 Å². The molecular formula is C5H10O. The molecule has 1 N–H and O–H groups in total. The normalized spacial score (nSPS) is 45.0. The van der Waals surface area contributed by atoms with Gasteiger partial charge in [-0.15, -0.1) is 0 Å². The van der Waals surface area contributed by atoms with E-state index in [2.05, 4.69) is 6.92 Å². The zero-order chi connectivity index (χ0) is 4.57. The highest BCUT2D eigenvalue weighted by Crippen LogP contribution is 2.25. The number of hydrogen-bond donors (Lipinski definition) is 1. The Hall–Kier alpha value is -0.0400. The quantitative estimate of drug-likeness (QED) is 0.462. The number of aliphatic hydroxyl groups excluding tert-OH is 1. The van der Waals surface area contributed by atoms with Gasteiger partial charge in [0.1, 0.15) is 0 Å². The molecule has 1 unspecified atom stereocenters. The molecule has 36 valence electrons. The zero-order valence-electron chi connectivity index (χ0n) is 4.02. The van der Waals surface area contributed by atoms with E-state index in [0.717, 1.165) is 6.42 Å². The SMILES string of the molecule is C[C@H]1CCC1O. The van der Waals surface area contributed by atoms with Crippen molar-refractivity contribution in [2.75, 3.05) is 0 Å². The molecule has 0 aliphatic heterocycles. The van der Waals surface area contributed by atoms with Gasteiger partial charge in [-0.05, 0) is 18.8 Å². The monoisotopic (exact) mass is 86.1 g/mol. The first-order chi connectivity index (χ1) is 2.80. The predicted octanol–water partition coefficient (Wildman–Crippen LogP) is 0.777. The van der Waals surface area contributed by atoms with Gasteiger partial charge >= 0.3 is 0 Å². The summed E-state index contributed by atoms with van der Waals surface area (Å²) in [6.07, 6.45) is 2.28. The molecule has 0 spiro atoms. The van der Waals surface area contributed by atoms with E-state index < -0.39 is 0 Å². The first kappa shape index (κ1) is 4.13. The van der Waals surface area contributed by atoms with Crippen molar-refractivity contribution in [1.82, 2.24) is 0 Å². The molecular weight excluding hydrogens is 76.1 g/mol. The lowest BCUT2D eigenvalue weighted by atomic mass is 9.84. The van der Waals surface area contributed by atoms with Crippen molar-refractivity contribution < 1.29 is 5.11 Å². The van der Waals surface area contributed by atoms with Crippen LogP contribution in [0.4, 0.5) is 0 Å². The summed E-state index contributed by atoms with van der Waals surface area (Å²) in [6.45, 7) is 2.08. The van der Waals surface area contributed by atoms with Crippen LogP contribution in [0.2, 0.25) is 0 Å². The third-order valence-electron chi connectivity index (χ3n) is 1.57. The molecule has 0 amide bonds. The van der Waals surface area contributed by atoms with Gasteiger partial charge in [0.15, 0.2) is 0 Å². The molecule has 0 aromatic carbocycles. The van der Waals surface area contributed by atoms with Gasteiger partial charge in [0.2, 0.25) is 0 Å². The van der Waals surface area contributed by atoms with E-state index in [1.807, 2.05) is 0 Å². The van der Waals surface area contributed by atoms with E-state index in [1.165, 1.54) is 6.42 Å². The fraction of sp³-hybridized carbons (Fsp3) is 1.00. The topological polar surface area (TPSA) is 20.2 Å². The van der Waals surface area contributed by atoms with Crippen LogP contribution in [-0.2, 0) is 0 Å². The maximum Gasteiger partial charge on any atom is 0.0565 e. The molecule has 1 heteroatoms. The molecule has 2 atom stereocenters. The fourth-order valence-electron chi connectivity index (χ4n) is 0.649. The number of rotatable bonds is 0. The third kappa shape index (κ3) is 0.432. The van der Waals surface area contributed by atoms with Gasteiger partial charge in [0.05, 0.1) is 6.10 Å². The third-order valence-corrected chi connectivity index (χ3v) is 1.57. The molecule has 0 aromatic rings. The van der Waals surface area contributed by atoms with E-state index in [1.54, 1.807) is 0 Å². The van der Waals surface area contributed by atoms with Gasteiger partial charge in [-0.25, -0.2) is 0 Å². The maximum atomic E-state index is 8.72. The minimum absolute atomic E-state index is 0.0324. The zero-order valence-corrected chi connectivity index (χ0v) is 4.02. The van der Waals surface area contributed by atoms with Crippen LogP contribution < -0.4 is 0 Å². The van der Waals surface area contributed by atoms with Gasteiger partial charge in [0, 0.05) is 0 Å². The van der Waals surface area contributed by atoms with Gasteiger partial charge in [-0.2, -0.15) is 0 Å². The van der Waals surface area contributed by atoms with Gasteiger partial charge in [-0.3, -0.25) is 0 Å². The molecule has 1 nitrogen and oxygen atoms in total. The van der Waals surface area contributed by atoms with Gasteiger partial charge in [-0.1, -0.05) is 6.92 Å². The standard InChI is InChI=1S/C5H10O/c1-4-2-3-5(4)6/h4-6H,2-3H2,1H3/t4-,5?/m0/s1. The Morgan fingerprint density at radius 2 is 2.00 bits per heavy atom. The smallest absolute Gasteiger partial charge is 0.0565 e. The summed E-state index contributed by atoms with van der Waals surface area (Å²) in [5.41, 5.74) is 0. The van der Waals surface area contributed by atoms with Crippen LogP contribution in [0, 0.1) is 5.92 Å². The molecule has 0 heterocycles. The lowest BCUT2D eigenvalue weighted by Gasteiger charge is -2.28. The largest absolute Gasteiger partial charge is 0.393 e. The van der Waals surface area contributed by atoms with E-state index in [9.17, 15) is 0 Å². The number of hydrogen-bond acceptors (Lipinski definition) is 1. The summed E-state index contributed by atoms with van der Waals surface area (Å²) in [4.78, 5) is 0. The highest BCUT2D eigenvalue weighted by molar-refractivity contribution is 4.74. The van der Waals surface area contributed by atoms with Crippen molar-refractivity contribution in [3.63, 3.8) is 0 Å². The molecule has 1 saturated carbocycles. The highest BCUT2D eigenvalue weighted by Gasteiger charge is 2.23. The molecule has 1 aliphatic rings. The van der Waals surface area contributed by atoms with Crippen molar-refractivity contribution in [3.05, 3.63) is 0 Å². The van der Waals surface area contributed by atoms with Gasteiger partial charge < -0.3 is 5.11 Å². The summed E-state index contributed by atoms with van der Waals surface area (Å²) in [5.74, 6) is 0.588. The Balaban J connectivity index is 2.20. The molecule has 0 radical (unpaired) electrons. The lowest BCUT2D eigenvalue weighted by molar-refractivity contribution is 0.0346. The Morgan fingerprint density at radius 3 is 2.00 bits per heavy atom. The van der Waals surface area contributed by atoms with E-state index in [4.69, 9.17) is 5.11 Å².